The number of para-hydroxylation sites is 1. The number of nitrogens with one attached hydrogen (secondary N) is 1. The van der Waals surface area contributed by atoms with Crippen LogP contribution in [0.15, 0.2) is 59.7 Å². The third-order valence-electron chi connectivity index (χ3n) is 4.65. The SMILES string of the molecule is CC(Cn1nnc([N+](=O)[O-])n1)=NNC(=O)c1cc2ccccc2n1Cc1ccccc1Cl. The highest BCUT2D eigenvalue weighted by Gasteiger charge is 2.18. The van der Waals surface area contributed by atoms with Crippen molar-refractivity contribution in [3.05, 3.63) is 81.0 Å². The van der Waals surface area contributed by atoms with Crippen LogP contribution in [0.5, 0.6) is 0 Å². The lowest BCUT2D eigenvalue weighted by atomic mass is 10.2. The van der Waals surface area contributed by atoms with E-state index in [0.29, 0.717) is 23.0 Å². The molecule has 0 bridgehead atoms. The van der Waals surface area contributed by atoms with Crippen LogP contribution >= 0.6 is 11.6 Å². The second-order valence-electron chi connectivity index (χ2n) is 6.93. The van der Waals surface area contributed by atoms with E-state index in [-0.39, 0.29) is 6.54 Å². The van der Waals surface area contributed by atoms with Crippen LogP contribution in [0.25, 0.3) is 10.9 Å². The molecule has 4 rings (SSSR count). The molecule has 1 amide bonds. The summed E-state index contributed by atoms with van der Waals surface area (Å²) in [7, 11) is 0. The number of fused-ring (bicyclic) bond motifs is 1. The summed E-state index contributed by atoms with van der Waals surface area (Å²) in [4.78, 5) is 23.9. The van der Waals surface area contributed by atoms with Crippen LogP contribution in [0.4, 0.5) is 5.95 Å². The molecule has 0 spiro atoms. The van der Waals surface area contributed by atoms with Gasteiger partial charge >= 0.3 is 5.95 Å². The Morgan fingerprint density at radius 2 is 1.97 bits per heavy atom. The minimum absolute atomic E-state index is 0.0315. The number of nitrogens with zero attached hydrogens (tertiary/aromatic N) is 7. The summed E-state index contributed by atoms with van der Waals surface area (Å²) in [5.41, 5.74) is 5.13. The second-order valence-corrected chi connectivity index (χ2v) is 7.34. The Kier molecular flexibility index (Phi) is 5.90. The largest absolute Gasteiger partial charge is 0.514 e. The minimum atomic E-state index is -0.741. The second kappa shape index (κ2) is 8.94. The van der Waals surface area contributed by atoms with Crippen LogP contribution in [-0.4, -0.2) is 41.3 Å². The van der Waals surface area contributed by atoms with Crippen molar-refractivity contribution in [1.82, 2.24) is 30.2 Å². The van der Waals surface area contributed by atoms with Gasteiger partial charge in [0.2, 0.25) is 0 Å². The molecule has 0 aliphatic heterocycles. The maximum absolute atomic E-state index is 12.9. The third-order valence-corrected chi connectivity index (χ3v) is 5.02. The summed E-state index contributed by atoms with van der Waals surface area (Å²) >= 11 is 6.33. The van der Waals surface area contributed by atoms with Gasteiger partial charge in [0.25, 0.3) is 5.91 Å². The Morgan fingerprint density at radius 3 is 2.72 bits per heavy atom. The molecule has 0 saturated heterocycles. The molecule has 0 aliphatic rings. The number of hydrogen-bond acceptors (Lipinski definition) is 7. The van der Waals surface area contributed by atoms with Crippen molar-refractivity contribution >= 4 is 40.1 Å². The number of hydrogen-bond donors (Lipinski definition) is 1. The predicted octanol–water partition coefficient (Wildman–Crippen LogP) is 3.04. The van der Waals surface area contributed by atoms with E-state index in [1.54, 1.807) is 19.1 Å². The number of carbonyl (C=O) groups excluding carboxylic acids is 1. The fourth-order valence-electron chi connectivity index (χ4n) is 3.18. The molecule has 0 radical (unpaired) electrons. The molecule has 2 aromatic carbocycles. The van der Waals surface area contributed by atoms with Crippen LogP contribution < -0.4 is 5.43 Å². The normalized spacial score (nSPS) is 11.6. The van der Waals surface area contributed by atoms with Gasteiger partial charge in [-0.3, -0.25) is 4.79 Å². The lowest BCUT2D eigenvalue weighted by Gasteiger charge is -2.11. The molecule has 0 saturated carbocycles. The van der Waals surface area contributed by atoms with Crippen LogP contribution in [0, 0.1) is 10.1 Å². The van der Waals surface area contributed by atoms with Gasteiger partial charge in [0, 0.05) is 27.7 Å². The van der Waals surface area contributed by atoms with Gasteiger partial charge in [-0.15, -0.1) is 0 Å². The van der Waals surface area contributed by atoms with E-state index in [0.717, 1.165) is 21.3 Å². The molecule has 0 unspecified atom stereocenters. The molecular formula is C20H17ClN8O3. The molecule has 11 nitrogen and oxygen atoms in total. The number of carbonyl (C=O) groups is 1. The van der Waals surface area contributed by atoms with Gasteiger partial charge in [0.1, 0.15) is 12.2 Å². The maximum atomic E-state index is 12.9. The molecule has 0 atom stereocenters. The van der Waals surface area contributed by atoms with Gasteiger partial charge in [-0.05, 0) is 35.6 Å². The first-order valence-corrected chi connectivity index (χ1v) is 9.87. The van der Waals surface area contributed by atoms with E-state index in [2.05, 4.69) is 25.9 Å². The van der Waals surface area contributed by atoms with E-state index < -0.39 is 16.8 Å². The number of nitro groups is 1. The summed E-state index contributed by atoms with van der Waals surface area (Å²) in [6.07, 6.45) is 0. The van der Waals surface area contributed by atoms with Crippen molar-refractivity contribution in [1.29, 1.82) is 0 Å². The number of rotatable bonds is 7. The van der Waals surface area contributed by atoms with E-state index in [1.807, 2.05) is 47.0 Å². The lowest BCUT2D eigenvalue weighted by Crippen LogP contribution is -2.24. The Hall–Kier alpha value is -4.12. The van der Waals surface area contributed by atoms with Crippen molar-refractivity contribution in [2.24, 2.45) is 5.10 Å². The van der Waals surface area contributed by atoms with Crippen LogP contribution in [-0.2, 0) is 13.1 Å². The Morgan fingerprint density at radius 1 is 1.22 bits per heavy atom. The quantitative estimate of drug-likeness (QED) is 0.260. The van der Waals surface area contributed by atoms with Crippen molar-refractivity contribution in [3.63, 3.8) is 0 Å². The van der Waals surface area contributed by atoms with Gasteiger partial charge in [0.05, 0.1) is 15.9 Å². The Bertz CT molecular complexity index is 1340. The van der Waals surface area contributed by atoms with Gasteiger partial charge in [0.15, 0.2) is 0 Å². The van der Waals surface area contributed by atoms with Crippen molar-refractivity contribution < 1.29 is 9.72 Å². The molecule has 4 aromatic rings. The fraction of sp³-hybridized carbons (Fsp3) is 0.150. The molecule has 12 heteroatoms. The maximum Gasteiger partial charge on any atom is 0.514 e. The molecule has 0 fully saturated rings. The topological polar surface area (TPSA) is 133 Å². The summed E-state index contributed by atoms with van der Waals surface area (Å²) < 4.78 is 1.87. The van der Waals surface area contributed by atoms with Gasteiger partial charge in [-0.1, -0.05) is 52.8 Å². The van der Waals surface area contributed by atoms with Crippen molar-refractivity contribution in [2.45, 2.75) is 20.0 Å². The van der Waals surface area contributed by atoms with E-state index in [1.165, 1.54) is 0 Å². The third kappa shape index (κ3) is 4.47. The lowest BCUT2D eigenvalue weighted by molar-refractivity contribution is -0.394. The first-order valence-electron chi connectivity index (χ1n) is 9.50. The number of benzene rings is 2. The smallest absolute Gasteiger partial charge is 0.390 e. The molecule has 162 valence electrons. The molecule has 32 heavy (non-hydrogen) atoms. The minimum Gasteiger partial charge on any atom is -0.390 e. The molecule has 2 heterocycles. The number of amides is 1. The summed E-state index contributed by atoms with van der Waals surface area (Å²) in [5, 5.41) is 26.8. The summed E-state index contributed by atoms with van der Waals surface area (Å²) in [6, 6.07) is 16.9. The zero-order valence-electron chi connectivity index (χ0n) is 16.8. The monoisotopic (exact) mass is 452 g/mol. The number of hydrazone groups is 1. The highest BCUT2D eigenvalue weighted by molar-refractivity contribution is 6.31. The standard InChI is InChI=1S/C20H17ClN8O3/c1-13(11-28-25-20(24-26-28)29(31)32)22-23-19(30)18-10-14-6-3-5-9-17(14)27(18)12-15-7-2-4-8-16(15)21/h2-10H,11-12H2,1H3,(H,23,30). The molecule has 1 N–H and O–H groups in total. The summed E-state index contributed by atoms with van der Waals surface area (Å²) in [5.74, 6) is -1.02. The van der Waals surface area contributed by atoms with E-state index in [9.17, 15) is 14.9 Å². The number of aromatic nitrogens is 5. The predicted molar refractivity (Wildman–Crippen MR) is 118 cm³/mol. The van der Waals surface area contributed by atoms with E-state index in [4.69, 9.17) is 11.6 Å². The Labute approximate surface area is 186 Å². The molecular weight excluding hydrogens is 436 g/mol. The zero-order chi connectivity index (χ0) is 22.7. The van der Waals surface area contributed by atoms with Crippen molar-refractivity contribution in [3.8, 4) is 0 Å². The zero-order valence-corrected chi connectivity index (χ0v) is 17.6. The molecule has 2 aromatic heterocycles. The highest BCUT2D eigenvalue weighted by Crippen LogP contribution is 2.24. The molecule has 0 aliphatic carbocycles. The Balaban J connectivity index is 1.57. The fourth-order valence-corrected chi connectivity index (χ4v) is 3.38. The van der Waals surface area contributed by atoms with Gasteiger partial charge < -0.3 is 14.7 Å². The number of halogens is 1. The van der Waals surface area contributed by atoms with Crippen LogP contribution in [0.2, 0.25) is 5.02 Å². The van der Waals surface area contributed by atoms with Crippen molar-refractivity contribution in [2.75, 3.05) is 0 Å². The highest BCUT2D eigenvalue weighted by atomic mass is 35.5. The van der Waals surface area contributed by atoms with Crippen LogP contribution in [0.3, 0.4) is 0 Å². The first-order chi connectivity index (χ1) is 15.4. The summed E-state index contributed by atoms with van der Waals surface area (Å²) in [6.45, 7) is 2.07. The average molecular weight is 453 g/mol. The van der Waals surface area contributed by atoms with Gasteiger partial charge in [-0.2, -0.15) is 5.10 Å². The first kappa shape index (κ1) is 21.1. The van der Waals surface area contributed by atoms with E-state index >= 15 is 0 Å². The average Bonchev–Trinajstić information content (AvgIpc) is 3.39. The van der Waals surface area contributed by atoms with Gasteiger partial charge in [-0.25, -0.2) is 5.43 Å². The number of tetrazole rings is 1. The van der Waals surface area contributed by atoms with Crippen LogP contribution in [0.1, 0.15) is 23.0 Å².